The average Bonchev–Trinajstić information content (AvgIpc) is 2.65. The maximum Gasteiger partial charge on any atom is 0.344 e. The Labute approximate surface area is 162 Å². The second-order valence-electron chi connectivity index (χ2n) is 5.29. The van der Waals surface area contributed by atoms with Crippen LogP contribution in [0.15, 0.2) is 47.0 Å². The summed E-state index contributed by atoms with van der Waals surface area (Å²) in [5, 5.41) is 10.4. The van der Waals surface area contributed by atoms with E-state index in [9.17, 15) is 27.5 Å². The van der Waals surface area contributed by atoms with Gasteiger partial charge in [0.2, 0.25) is 0 Å². The van der Waals surface area contributed by atoms with E-state index in [0.717, 1.165) is 23.9 Å². The maximum atomic E-state index is 14.1. The summed E-state index contributed by atoms with van der Waals surface area (Å²) in [5.74, 6) is -6.65. The van der Waals surface area contributed by atoms with E-state index >= 15 is 0 Å². The Kier molecular flexibility index (Phi) is 7.22. The fourth-order valence-electron chi connectivity index (χ4n) is 2.16. The number of aliphatic hydroxyl groups excluding tert-OH is 1. The van der Waals surface area contributed by atoms with Gasteiger partial charge in [-0.15, -0.1) is 11.8 Å². The number of esters is 1. The van der Waals surface area contributed by atoms with E-state index in [1.165, 1.54) is 25.3 Å². The van der Waals surface area contributed by atoms with Gasteiger partial charge in [-0.25, -0.2) is 27.3 Å². The molecule has 0 heterocycles. The van der Waals surface area contributed by atoms with E-state index in [2.05, 4.69) is 4.99 Å². The summed E-state index contributed by atoms with van der Waals surface area (Å²) in [6.07, 6.45) is 1.52. The number of hydrogen-bond donors (Lipinski definition) is 1. The van der Waals surface area contributed by atoms with Gasteiger partial charge in [-0.2, -0.15) is 0 Å². The highest BCUT2D eigenvalue weighted by molar-refractivity contribution is 8.14. The Bertz CT molecular complexity index is 943. The number of halogens is 4. The van der Waals surface area contributed by atoms with Crippen LogP contribution in [0.25, 0.3) is 5.76 Å². The van der Waals surface area contributed by atoms with Crippen LogP contribution in [-0.2, 0) is 9.53 Å². The van der Waals surface area contributed by atoms with Crippen molar-refractivity contribution in [2.45, 2.75) is 6.92 Å². The number of nitrogens with zero attached hydrogens (tertiary/aromatic N) is 1. The number of benzene rings is 2. The molecule has 0 radical (unpaired) electrons. The van der Waals surface area contributed by atoms with Crippen LogP contribution >= 0.6 is 11.8 Å². The van der Waals surface area contributed by atoms with Crippen molar-refractivity contribution in [2.75, 3.05) is 12.9 Å². The normalized spacial score (nSPS) is 12.6. The SMILES string of the molecule is CCOC(=O)/C(C(=Nc1ccc(F)cc1)SC)=C(\O)c1cc(F)c(F)cc1F. The highest BCUT2D eigenvalue weighted by Crippen LogP contribution is 2.28. The fourth-order valence-corrected chi connectivity index (χ4v) is 2.74. The van der Waals surface area contributed by atoms with Crippen molar-refractivity contribution < 1.29 is 32.2 Å². The average molecular weight is 413 g/mol. The summed E-state index contributed by atoms with van der Waals surface area (Å²) in [6.45, 7) is 1.45. The molecule has 0 atom stereocenters. The van der Waals surface area contributed by atoms with Crippen molar-refractivity contribution in [3.05, 3.63) is 70.8 Å². The lowest BCUT2D eigenvalue weighted by Crippen LogP contribution is -2.17. The Morgan fingerprint density at radius 1 is 1.07 bits per heavy atom. The summed E-state index contributed by atoms with van der Waals surface area (Å²) in [5.41, 5.74) is -1.03. The molecular weight excluding hydrogens is 398 g/mol. The number of carbonyl (C=O) groups excluding carboxylic acids is 1. The van der Waals surface area contributed by atoms with Crippen molar-refractivity contribution in [3.63, 3.8) is 0 Å². The van der Waals surface area contributed by atoms with Crippen molar-refractivity contribution in [2.24, 2.45) is 4.99 Å². The molecule has 0 amide bonds. The van der Waals surface area contributed by atoms with Crippen molar-refractivity contribution in [3.8, 4) is 0 Å². The number of ether oxygens (including phenoxy) is 1. The summed E-state index contributed by atoms with van der Waals surface area (Å²) in [6, 6.07) is 5.60. The molecule has 0 aliphatic rings. The van der Waals surface area contributed by atoms with Crippen LogP contribution in [0.5, 0.6) is 0 Å². The summed E-state index contributed by atoms with van der Waals surface area (Å²) in [7, 11) is 0. The largest absolute Gasteiger partial charge is 0.506 e. The second kappa shape index (κ2) is 9.41. The quantitative estimate of drug-likeness (QED) is 0.140. The van der Waals surface area contributed by atoms with Crippen molar-refractivity contribution in [1.29, 1.82) is 0 Å². The van der Waals surface area contributed by atoms with Gasteiger partial charge in [-0.3, -0.25) is 0 Å². The first kappa shape index (κ1) is 21.5. The molecule has 4 nitrogen and oxygen atoms in total. The minimum absolute atomic E-state index is 0.0614. The van der Waals surface area contributed by atoms with Crippen LogP contribution in [0.2, 0.25) is 0 Å². The molecule has 148 valence electrons. The zero-order valence-corrected chi connectivity index (χ0v) is 15.6. The third-order valence-electron chi connectivity index (χ3n) is 3.45. The van der Waals surface area contributed by atoms with Crippen LogP contribution in [0.4, 0.5) is 23.2 Å². The molecule has 2 aromatic carbocycles. The van der Waals surface area contributed by atoms with Crippen LogP contribution in [0.1, 0.15) is 12.5 Å². The molecule has 28 heavy (non-hydrogen) atoms. The number of hydrogen-bond acceptors (Lipinski definition) is 5. The van der Waals surface area contributed by atoms with Gasteiger partial charge in [0.05, 0.1) is 17.9 Å². The van der Waals surface area contributed by atoms with Crippen LogP contribution < -0.4 is 0 Å². The maximum absolute atomic E-state index is 14.1. The predicted molar refractivity (Wildman–Crippen MR) is 99.5 cm³/mol. The minimum Gasteiger partial charge on any atom is -0.506 e. The molecule has 0 bridgehead atoms. The van der Waals surface area contributed by atoms with E-state index in [-0.39, 0.29) is 23.4 Å². The molecule has 9 heteroatoms. The van der Waals surface area contributed by atoms with Gasteiger partial charge >= 0.3 is 5.97 Å². The standard InChI is InChI=1S/C19H15F4NO3S/c1-3-27-19(26)16(17(25)12-8-14(22)15(23)9-13(12)21)18(28-2)24-11-6-4-10(20)5-7-11/h4-9,25H,3H2,1-2H3/b17-16-,24-18?. The second-order valence-corrected chi connectivity index (χ2v) is 6.08. The van der Waals surface area contributed by atoms with Gasteiger partial charge in [-0.05, 0) is 43.5 Å². The van der Waals surface area contributed by atoms with Crippen LogP contribution in [0, 0.1) is 23.3 Å². The lowest BCUT2D eigenvalue weighted by molar-refractivity contribution is -0.137. The lowest BCUT2D eigenvalue weighted by atomic mass is 10.1. The summed E-state index contributed by atoms with van der Waals surface area (Å²) in [4.78, 5) is 16.5. The zero-order valence-electron chi connectivity index (χ0n) is 14.8. The highest BCUT2D eigenvalue weighted by Gasteiger charge is 2.26. The molecule has 0 saturated heterocycles. The predicted octanol–water partition coefficient (Wildman–Crippen LogP) is 5.17. The molecule has 0 aromatic heterocycles. The Balaban J connectivity index is 2.69. The molecule has 0 fully saturated rings. The first-order valence-corrected chi connectivity index (χ1v) is 9.14. The molecule has 0 spiro atoms. The number of thioether (sulfide) groups is 1. The Morgan fingerprint density at radius 2 is 1.68 bits per heavy atom. The first-order valence-electron chi connectivity index (χ1n) is 7.92. The van der Waals surface area contributed by atoms with E-state index in [1.807, 2.05) is 0 Å². The molecule has 0 aliphatic heterocycles. The molecule has 2 rings (SSSR count). The first-order chi connectivity index (χ1) is 13.3. The third kappa shape index (κ3) is 4.92. The van der Waals surface area contributed by atoms with Crippen LogP contribution in [-0.4, -0.2) is 29.0 Å². The van der Waals surface area contributed by atoms with E-state index in [4.69, 9.17) is 4.74 Å². The molecule has 1 N–H and O–H groups in total. The molecule has 0 saturated carbocycles. The molecule has 0 unspecified atom stereocenters. The van der Waals surface area contributed by atoms with E-state index < -0.39 is 46.1 Å². The minimum atomic E-state index is -1.45. The van der Waals surface area contributed by atoms with Crippen LogP contribution in [0.3, 0.4) is 0 Å². The van der Waals surface area contributed by atoms with Crippen molar-refractivity contribution >= 4 is 34.2 Å². The van der Waals surface area contributed by atoms with Gasteiger partial charge in [0, 0.05) is 6.07 Å². The number of carbonyl (C=O) groups is 1. The third-order valence-corrected chi connectivity index (χ3v) is 4.13. The Morgan fingerprint density at radius 3 is 2.25 bits per heavy atom. The number of rotatable bonds is 5. The lowest BCUT2D eigenvalue weighted by Gasteiger charge is -2.12. The number of aliphatic imine (C=N–C) groups is 1. The monoisotopic (exact) mass is 413 g/mol. The summed E-state index contributed by atoms with van der Waals surface area (Å²) >= 11 is 0.915. The van der Waals surface area contributed by atoms with Crippen molar-refractivity contribution in [1.82, 2.24) is 0 Å². The van der Waals surface area contributed by atoms with E-state index in [1.54, 1.807) is 0 Å². The molecule has 2 aromatic rings. The van der Waals surface area contributed by atoms with E-state index in [0.29, 0.717) is 6.07 Å². The zero-order chi connectivity index (χ0) is 20.8. The fraction of sp³-hybridized carbons (Fsp3) is 0.158. The topological polar surface area (TPSA) is 58.9 Å². The summed E-state index contributed by atoms with van der Waals surface area (Å²) < 4.78 is 58.8. The van der Waals surface area contributed by atoms with Gasteiger partial charge in [0.15, 0.2) is 11.6 Å². The van der Waals surface area contributed by atoms with Gasteiger partial charge < -0.3 is 9.84 Å². The smallest absolute Gasteiger partial charge is 0.344 e. The number of aliphatic hydroxyl groups is 1. The van der Waals surface area contributed by atoms with Gasteiger partial charge in [0.1, 0.15) is 28.0 Å². The molecular formula is C19H15F4NO3S. The van der Waals surface area contributed by atoms with Gasteiger partial charge in [-0.1, -0.05) is 0 Å². The highest BCUT2D eigenvalue weighted by atomic mass is 32.2. The van der Waals surface area contributed by atoms with Gasteiger partial charge in [0.25, 0.3) is 0 Å². The molecule has 0 aliphatic carbocycles. The Hall–Kier alpha value is -2.81.